The summed E-state index contributed by atoms with van der Waals surface area (Å²) in [4.78, 5) is 16.7. The molecular formula is C19H25N7O3. The fourth-order valence-electron chi connectivity index (χ4n) is 3.79. The van der Waals surface area contributed by atoms with Crippen LogP contribution in [0.1, 0.15) is 48.9 Å². The fourth-order valence-corrected chi connectivity index (χ4v) is 3.79. The van der Waals surface area contributed by atoms with Gasteiger partial charge < -0.3 is 14.6 Å². The Hall–Kier alpha value is -3.01. The summed E-state index contributed by atoms with van der Waals surface area (Å²) in [5.41, 5.74) is 1.82. The Morgan fingerprint density at radius 1 is 1.21 bits per heavy atom. The average Bonchev–Trinajstić information content (AvgIpc) is 3.29. The summed E-state index contributed by atoms with van der Waals surface area (Å²) in [6.07, 6.45) is 3.43. The van der Waals surface area contributed by atoms with Crippen molar-refractivity contribution >= 4 is 6.01 Å². The predicted molar refractivity (Wildman–Crippen MR) is 105 cm³/mol. The first-order valence-corrected chi connectivity index (χ1v) is 9.75. The topological polar surface area (TPSA) is 113 Å². The summed E-state index contributed by atoms with van der Waals surface area (Å²) in [5, 5.41) is 16.2. The number of nitrogens with zero attached hydrogens (tertiary/aromatic N) is 6. The Balaban J connectivity index is 1.43. The molecule has 0 saturated heterocycles. The van der Waals surface area contributed by atoms with Gasteiger partial charge in [0.2, 0.25) is 0 Å². The molecule has 1 N–H and O–H groups in total. The van der Waals surface area contributed by atoms with Crippen molar-refractivity contribution in [3.8, 4) is 5.82 Å². The van der Waals surface area contributed by atoms with Crippen LogP contribution in [0.2, 0.25) is 0 Å². The number of hydrogen-bond donors (Lipinski definition) is 1. The van der Waals surface area contributed by atoms with Gasteiger partial charge >= 0.3 is 6.01 Å². The zero-order valence-corrected chi connectivity index (χ0v) is 16.8. The van der Waals surface area contributed by atoms with Crippen LogP contribution in [-0.2, 0) is 11.3 Å². The predicted octanol–water partition coefficient (Wildman–Crippen LogP) is 2.17. The van der Waals surface area contributed by atoms with Crippen molar-refractivity contribution in [2.24, 2.45) is 0 Å². The number of ether oxygens (including phenoxy) is 1. The van der Waals surface area contributed by atoms with Gasteiger partial charge in [-0.2, -0.15) is 10.1 Å². The zero-order chi connectivity index (χ0) is 20.4. The molecule has 29 heavy (non-hydrogen) atoms. The summed E-state index contributed by atoms with van der Waals surface area (Å²) >= 11 is 0. The SMILES string of the molecule is COCc1noc(NC2CCC(n3nc(-n4nc(C)cc4C)ccc3=O)CC2)n1. The molecule has 1 aliphatic rings. The third-order valence-electron chi connectivity index (χ3n) is 5.15. The number of hydrogen-bond acceptors (Lipinski definition) is 8. The largest absolute Gasteiger partial charge is 0.377 e. The maximum atomic E-state index is 12.4. The first-order chi connectivity index (χ1) is 14.0. The van der Waals surface area contributed by atoms with E-state index in [-0.39, 0.29) is 17.6 Å². The lowest BCUT2D eigenvalue weighted by Crippen LogP contribution is -2.33. The number of methoxy groups -OCH3 is 1. The van der Waals surface area contributed by atoms with Gasteiger partial charge in [-0.1, -0.05) is 5.16 Å². The summed E-state index contributed by atoms with van der Waals surface area (Å²) < 4.78 is 13.6. The molecule has 0 radical (unpaired) electrons. The maximum absolute atomic E-state index is 12.4. The number of anilines is 1. The summed E-state index contributed by atoms with van der Waals surface area (Å²) in [6.45, 7) is 4.23. The third kappa shape index (κ3) is 4.21. The Morgan fingerprint density at radius 3 is 2.69 bits per heavy atom. The summed E-state index contributed by atoms with van der Waals surface area (Å²) in [6, 6.07) is 5.96. The highest BCUT2D eigenvalue weighted by Crippen LogP contribution is 2.28. The summed E-state index contributed by atoms with van der Waals surface area (Å²) in [5.74, 6) is 1.17. The molecule has 10 nitrogen and oxygen atoms in total. The van der Waals surface area contributed by atoms with Crippen molar-refractivity contribution in [2.45, 2.75) is 58.2 Å². The molecule has 0 aromatic carbocycles. The molecule has 0 atom stereocenters. The molecule has 1 saturated carbocycles. The number of nitrogens with one attached hydrogen (secondary N) is 1. The highest BCUT2D eigenvalue weighted by Gasteiger charge is 2.25. The smallest absolute Gasteiger partial charge is 0.321 e. The lowest BCUT2D eigenvalue weighted by Gasteiger charge is -2.29. The van der Waals surface area contributed by atoms with Gasteiger partial charge in [0.1, 0.15) is 6.61 Å². The first-order valence-electron chi connectivity index (χ1n) is 9.75. The van der Waals surface area contributed by atoms with Gasteiger partial charge in [0, 0.05) is 24.9 Å². The molecule has 10 heteroatoms. The summed E-state index contributed by atoms with van der Waals surface area (Å²) in [7, 11) is 1.59. The van der Waals surface area contributed by atoms with Crippen LogP contribution >= 0.6 is 0 Å². The van der Waals surface area contributed by atoms with Crippen LogP contribution in [0.3, 0.4) is 0 Å². The normalized spacial score (nSPS) is 19.4. The second-order valence-corrected chi connectivity index (χ2v) is 7.41. The van der Waals surface area contributed by atoms with Crippen molar-refractivity contribution < 1.29 is 9.26 Å². The average molecular weight is 399 g/mol. The highest BCUT2D eigenvalue weighted by atomic mass is 16.5. The molecule has 3 aromatic rings. The monoisotopic (exact) mass is 399 g/mol. The minimum Gasteiger partial charge on any atom is -0.377 e. The molecule has 0 spiro atoms. The van der Waals surface area contributed by atoms with Crippen molar-refractivity contribution in [1.29, 1.82) is 0 Å². The van der Waals surface area contributed by atoms with Crippen molar-refractivity contribution in [3.63, 3.8) is 0 Å². The molecule has 0 aliphatic heterocycles. The van der Waals surface area contributed by atoms with Gasteiger partial charge in [0.15, 0.2) is 11.6 Å². The van der Waals surface area contributed by atoms with E-state index in [4.69, 9.17) is 9.26 Å². The van der Waals surface area contributed by atoms with Crippen LogP contribution in [0.5, 0.6) is 0 Å². The second-order valence-electron chi connectivity index (χ2n) is 7.41. The van der Waals surface area contributed by atoms with E-state index in [1.54, 1.807) is 28.6 Å². The van der Waals surface area contributed by atoms with Gasteiger partial charge in [0.05, 0.1) is 11.7 Å². The zero-order valence-electron chi connectivity index (χ0n) is 16.8. The Bertz CT molecular complexity index is 1030. The van der Waals surface area contributed by atoms with Crippen LogP contribution < -0.4 is 10.9 Å². The first kappa shape index (κ1) is 19.3. The molecular weight excluding hydrogens is 374 g/mol. The van der Waals surface area contributed by atoms with Gasteiger partial charge in [-0.3, -0.25) is 4.79 Å². The number of rotatable bonds is 6. The quantitative estimate of drug-likeness (QED) is 0.671. The Labute approximate surface area is 167 Å². The van der Waals surface area contributed by atoms with E-state index in [1.807, 2.05) is 19.9 Å². The van der Waals surface area contributed by atoms with E-state index in [0.717, 1.165) is 37.1 Å². The lowest BCUT2D eigenvalue weighted by atomic mass is 9.91. The minimum atomic E-state index is -0.0900. The minimum absolute atomic E-state index is 0.0594. The fraction of sp³-hybridized carbons (Fsp3) is 0.526. The van der Waals surface area contributed by atoms with Gasteiger partial charge in [0.25, 0.3) is 5.56 Å². The van der Waals surface area contributed by atoms with Crippen LogP contribution in [0.15, 0.2) is 27.5 Å². The van der Waals surface area contributed by atoms with Crippen LogP contribution in [0, 0.1) is 13.8 Å². The Morgan fingerprint density at radius 2 is 2.00 bits per heavy atom. The van der Waals surface area contributed by atoms with E-state index in [1.165, 1.54) is 0 Å². The van der Waals surface area contributed by atoms with Crippen LogP contribution in [0.25, 0.3) is 5.82 Å². The van der Waals surface area contributed by atoms with E-state index in [2.05, 4.69) is 25.7 Å². The van der Waals surface area contributed by atoms with Gasteiger partial charge in [-0.15, -0.1) is 5.10 Å². The van der Waals surface area contributed by atoms with Crippen molar-refractivity contribution in [3.05, 3.63) is 45.8 Å². The highest BCUT2D eigenvalue weighted by molar-refractivity contribution is 5.24. The van der Waals surface area contributed by atoms with E-state index >= 15 is 0 Å². The van der Waals surface area contributed by atoms with Gasteiger partial charge in [-0.25, -0.2) is 9.36 Å². The van der Waals surface area contributed by atoms with E-state index < -0.39 is 0 Å². The van der Waals surface area contributed by atoms with Crippen molar-refractivity contribution in [1.82, 2.24) is 29.7 Å². The van der Waals surface area contributed by atoms with E-state index in [9.17, 15) is 4.79 Å². The van der Waals surface area contributed by atoms with Gasteiger partial charge in [-0.05, 0) is 51.7 Å². The molecule has 154 valence electrons. The van der Waals surface area contributed by atoms with Crippen LogP contribution in [-0.4, -0.2) is 42.9 Å². The molecule has 0 amide bonds. The van der Waals surface area contributed by atoms with E-state index in [0.29, 0.717) is 24.3 Å². The molecule has 3 aromatic heterocycles. The number of aromatic nitrogens is 6. The molecule has 0 bridgehead atoms. The molecule has 0 unspecified atom stereocenters. The number of aryl methyl sites for hydroxylation is 2. The molecule has 1 aliphatic carbocycles. The third-order valence-corrected chi connectivity index (χ3v) is 5.15. The Kier molecular flexibility index (Phi) is 5.43. The maximum Gasteiger partial charge on any atom is 0.321 e. The van der Waals surface area contributed by atoms with Crippen molar-refractivity contribution in [2.75, 3.05) is 12.4 Å². The molecule has 3 heterocycles. The molecule has 1 fully saturated rings. The molecule has 4 rings (SSSR count). The second kappa shape index (κ2) is 8.16. The lowest BCUT2D eigenvalue weighted by molar-refractivity contribution is 0.174. The van der Waals surface area contributed by atoms with Crippen LogP contribution in [0.4, 0.5) is 6.01 Å². The standard InChI is InChI=1S/C19H25N7O3/c1-12-10-13(2)25(22-12)17-8-9-18(27)26(23-17)15-6-4-14(5-7-15)20-19-21-16(11-28-3)24-29-19/h8-10,14-15H,4-7,11H2,1-3H3,(H,20,21,24).